The minimum atomic E-state index is -2.12. The van der Waals surface area contributed by atoms with Crippen molar-refractivity contribution >= 4 is 124 Å². The van der Waals surface area contributed by atoms with E-state index in [4.69, 9.17) is 19.9 Å². The molecule has 0 aliphatic carbocycles. The highest BCUT2D eigenvalue weighted by Crippen LogP contribution is 2.43. The van der Waals surface area contributed by atoms with Crippen LogP contribution in [0.2, 0.25) is 33.2 Å². The Bertz CT molecular complexity index is 1960. The molecule has 0 saturated heterocycles. The number of hydrogen-bond acceptors (Lipinski definition) is 4. The summed E-state index contributed by atoms with van der Waals surface area (Å²) in [6, 6.07) is 8.07. The summed E-state index contributed by atoms with van der Waals surface area (Å²) in [7, 11) is -4.25. The molecule has 0 atom stereocenters. The summed E-state index contributed by atoms with van der Waals surface area (Å²) in [5.41, 5.74) is 18.4. The molecule has 0 N–H and O–H groups in total. The highest BCUT2D eigenvalue weighted by molar-refractivity contribution is 9.13. The molecule has 0 aliphatic heterocycles. The van der Waals surface area contributed by atoms with Gasteiger partial charge in [-0.2, -0.15) is 0 Å². The van der Waals surface area contributed by atoms with Crippen LogP contribution in [0.1, 0.15) is 94.2 Å². The quantitative estimate of drug-likeness (QED) is 0.0967. The summed E-state index contributed by atoms with van der Waals surface area (Å²) in [4.78, 5) is 21.4. The Balaban J connectivity index is 2.09. The lowest BCUT2D eigenvalue weighted by Crippen LogP contribution is -2.43. The van der Waals surface area contributed by atoms with E-state index < -0.39 is 16.1 Å². The first-order chi connectivity index (χ1) is 23.4. The zero-order valence-corrected chi connectivity index (χ0v) is 39.4. The topological polar surface area (TPSA) is 51.6 Å². The smallest absolute Gasteiger partial charge is 0.146 e. The van der Waals surface area contributed by atoms with E-state index in [1.807, 2.05) is 24.3 Å². The van der Waals surface area contributed by atoms with Crippen LogP contribution in [-0.2, 0) is 0 Å². The highest BCUT2D eigenvalue weighted by atomic mass is 79.9. The molecule has 0 fully saturated rings. The zero-order valence-electron chi connectivity index (χ0n) is 31.1. The maximum atomic E-state index is 5.35. The predicted octanol–water partition coefficient (Wildman–Crippen LogP) is 14.1. The van der Waals surface area contributed by atoms with Gasteiger partial charge in [0.2, 0.25) is 0 Å². The van der Waals surface area contributed by atoms with Crippen LogP contribution in [0, 0.1) is 22.9 Å². The normalized spacial score (nSPS) is 12.8. The molecule has 0 spiro atoms. The van der Waals surface area contributed by atoms with Crippen LogP contribution in [0.4, 0.5) is 0 Å². The van der Waals surface area contributed by atoms with Gasteiger partial charge in [-0.1, -0.05) is 94.9 Å². The maximum absolute atomic E-state index is 5.35. The van der Waals surface area contributed by atoms with Crippen molar-refractivity contribution < 1.29 is 0 Å². The van der Waals surface area contributed by atoms with E-state index in [9.17, 15) is 0 Å². The van der Waals surface area contributed by atoms with Crippen LogP contribution in [0.25, 0.3) is 44.1 Å². The summed E-state index contributed by atoms with van der Waals surface area (Å²) >= 11 is 14.8. The molecule has 10 heteroatoms. The number of rotatable bonds is 6. The first-order valence-corrected chi connectivity index (χ1v) is 25.2. The lowest BCUT2D eigenvalue weighted by molar-refractivity contribution is 0.838. The average Bonchev–Trinajstić information content (AvgIpc) is 3.01. The predicted molar refractivity (Wildman–Crippen MR) is 234 cm³/mol. The molecule has 0 saturated carbocycles. The van der Waals surface area contributed by atoms with E-state index in [2.05, 4.69) is 170 Å². The molecule has 3 aromatic carbocycles. The van der Waals surface area contributed by atoms with E-state index in [0.29, 0.717) is 33.2 Å². The monoisotopic (exact) mass is 954 g/mol. The minimum absolute atomic E-state index is 0.472. The summed E-state index contributed by atoms with van der Waals surface area (Å²) in [5.74, 6) is 7.55. The molecule has 262 valence electrons. The van der Waals surface area contributed by atoms with Crippen molar-refractivity contribution in [2.45, 2.75) is 116 Å². The van der Waals surface area contributed by atoms with E-state index in [1.54, 1.807) is 0 Å². The largest absolute Gasteiger partial charge is 0.243 e. The van der Waals surface area contributed by atoms with Gasteiger partial charge in [-0.05, 0) is 121 Å². The van der Waals surface area contributed by atoms with Crippen molar-refractivity contribution in [1.82, 2.24) is 19.9 Å². The number of hydrogen-bond donors (Lipinski definition) is 0. The van der Waals surface area contributed by atoms with Crippen molar-refractivity contribution in [2.24, 2.45) is 0 Å². The third kappa shape index (κ3) is 6.80. The second-order valence-electron chi connectivity index (χ2n) is 15.4. The van der Waals surface area contributed by atoms with Gasteiger partial charge in [0.15, 0.2) is 0 Å². The lowest BCUT2D eigenvalue weighted by Gasteiger charge is -2.38. The van der Waals surface area contributed by atoms with Crippen LogP contribution in [0.15, 0.2) is 42.2 Å². The fourth-order valence-electron chi connectivity index (χ4n) is 8.47. The highest BCUT2D eigenvalue weighted by Gasteiger charge is 2.43. The zero-order chi connectivity index (χ0) is 37.0. The first kappa shape index (κ1) is 39.5. The van der Waals surface area contributed by atoms with Crippen LogP contribution >= 0.6 is 63.7 Å². The van der Waals surface area contributed by atoms with Gasteiger partial charge in [0.05, 0.1) is 33.2 Å². The maximum Gasteiger partial charge on any atom is 0.146 e. The Morgan fingerprint density at radius 3 is 0.780 bits per heavy atom. The molecular formula is C40H46Br4N4Si2. The van der Waals surface area contributed by atoms with Gasteiger partial charge < -0.3 is 0 Å². The van der Waals surface area contributed by atoms with Gasteiger partial charge in [0, 0.05) is 17.9 Å². The van der Waals surface area contributed by atoms with Crippen LogP contribution < -0.4 is 0 Å². The summed E-state index contributed by atoms with van der Waals surface area (Å²) in [6.45, 7) is 28.1. The van der Waals surface area contributed by atoms with E-state index in [0.717, 1.165) is 73.2 Å². The third-order valence-corrected chi connectivity index (χ3v) is 27.2. The van der Waals surface area contributed by atoms with E-state index in [-0.39, 0.29) is 0 Å². The number of nitrogens with zero attached hydrogens (tertiary/aromatic N) is 4. The van der Waals surface area contributed by atoms with Gasteiger partial charge in [-0.25, -0.2) is 19.9 Å². The average molecular weight is 959 g/mol. The number of benzene rings is 3. The molecule has 4 nitrogen and oxygen atoms in total. The Labute approximate surface area is 333 Å². The second-order valence-corrected chi connectivity index (χ2v) is 30.0. The Morgan fingerprint density at radius 1 is 0.400 bits per heavy atom. The van der Waals surface area contributed by atoms with Crippen LogP contribution in [-0.4, -0.2) is 36.1 Å². The first-order valence-electron chi connectivity index (χ1n) is 17.5. The Hall–Kier alpha value is -1.67. The molecule has 0 bridgehead atoms. The Morgan fingerprint density at radius 2 is 0.600 bits per heavy atom. The van der Waals surface area contributed by atoms with Crippen LogP contribution in [0.3, 0.4) is 0 Å². The van der Waals surface area contributed by atoms with Gasteiger partial charge >= 0.3 is 0 Å². The molecular weight excluding hydrogens is 912 g/mol. The summed E-state index contributed by atoms with van der Waals surface area (Å²) in [5, 5.41) is 0. The molecule has 0 radical (unpaired) electrons. The molecule has 5 rings (SSSR count). The fourth-order valence-corrected chi connectivity index (χ4v) is 20.2. The number of fused-ring (bicyclic) bond motifs is 4. The molecule has 50 heavy (non-hydrogen) atoms. The van der Waals surface area contributed by atoms with Crippen molar-refractivity contribution in [1.29, 1.82) is 0 Å². The van der Waals surface area contributed by atoms with Crippen LogP contribution in [0.5, 0.6) is 0 Å². The van der Waals surface area contributed by atoms with Crippen molar-refractivity contribution in [3.63, 3.8) is 0 Å². The SMILES string of the molecule is CC(C)[Si](C#Cc1c2nc3cc(Br)c(Br)cc3nc2c(C#C[Si](C(C)C)(C(C)C)C(C)C)c2nc3cc(Br)c(Br)cc3nc12)(C(C)C)C(C)C. The third-order valence-electron chi connectivity index (χ3n) is 10.9. The van der Waals surface area contributed by atoms with Crippen molar-refractivity contribution in [2.75, 3.05) is 0 Å². The fraction of sp³-hybridized carbons (Fsp3) is 0.450. The molecule has 0 aliphatic rings. The number of aromatic nitrogens is 4. The summed E-state index contributed by atoms with van der Waals surface area (Å²) in [6.07, 6.45) is 0. The minimum Gasteiger partial charge on any atom is -0.243 e. The standard InChI is InChI=1S/C40H46Br4N4Si2/c1-21(2)49(22(3)4,23(5)6)15-13-27-37-39(47-35-19-31(43)29(41)17-33(35)45-37)28(14-16-50(24(7)8,25(9)10)26(11)12)40-38(27)46-34-18-30(42)32(44)20-36(34)48-40/h17-26H,1-12H3. The van der Waals surface area contributed by atoms with Crippen molar-refractivity contribution in [3.05, 3.63) is 53.3 Å². The van der Waals surface area contributed by atoms with Gasteiger partial charge in [-0.3, -0.25) is 0 Å². The number of halogens is 4. The van der Waals surface area contributed by atoms with Gasteiger partial charge in [-0.15, -0.1) is 11.1 Å². The molecule has 0 unspecified atom stereocenters. The second kappa shape index (κ2) is 15.0. The summed E-state index contributed by atoms with van der Waals surface area (Å²) < 4.78 is 3.67. The van der Waals surface area contributed by atoms with E-state index in [1.165, 1.54) is 0 Å². The molecule has 2 aromatic heterocycles. The Kier molecular flexibility index (Phi) is 11.9. The lowest BCUT2D eigenvalue weighted by atomic mass is 10.0. The van der Waals surface area contributed by atoms with Gasteiger partial charge in [0.1, 0.15) is 38.2 Å². The molecule has 0 amide bonds. The van der Waals surface area contributed by atoms with Crippen molar-refractivity contribution in [3.8, 4) is 22.9 Å². The van der Waals surface area contributed by atoms with Gasteiger partial charge in [0.25, 0.3) is 0 Å². The molecule has 5 aromatic rings. The van der Waals surface area contributed by atoms with E-state index >= 15 is 0 Å². The molecule has 2 heterocycles.